The fourth-order valence-electron chi connectivity index (χ4n) is 4.29. The molecule has 0 unspecified atom stereocenters. The van der Waals surface area contributed by atoms with Crippen molar-refractivity contribution >= 4 is 11.8 Å². The molecule has 6 nitrogen and oxygen atoms in total. The predicted octanol–water partition coefficient (Wildman–Crippen LogP) is 1.54. The van der Waals surface area contributed by atoms with Crippen LogP contribution in [0.5, 0.6) is 0 Å². The molecule has 6 heteroatoms. The summed E-state index contributed by atoms with van der Waals surface area (Å²) in [4.78, 5) is 31.9. The van der Waals surface area contributed by atoms with Gasteiger partial charge in [-0.15, -0.1) is 0 Å². The smallest absolute Gasteiger partial charge is 0.230 e. The number of likely N-dealkylation sites (N-methyl/N-ethyl adjacent to an activating group) is 1. The van der Waals surface area contributed by atoms with Gasteiger partial charge in [-0.1, -0.05) is 20.8 Å². The molecule has 0 spiro atoms. The van der Waals surface area contributed by atoms with Gasteiger partial charge >= 0.3 is 0 Å². The molecule has 2 fully saturated rings. The third-order valence-electron chi connectivity index (χ3n) is 6.74. The second kappa shape index (κ2) is 9.70. The van der Waals surface area contributed by atoms with E-state index in [4.69, 9.17) is 5.73 Å². The Morgan fingerprint density at radius 2 is 1.50 bits per heavy atom. The summed E-state index contributed by atoms with van der Waals surface area (Å²) < 4.78 is 0. The van der Waals surface area contributed by atoms with Gasteiger partial charge in [0.05, 0.1) is 5.41 Å². The van der Waals surface area contributed by atoms with Gasteiger partial charge in [0.2, 0.25) is 11.8 Å². The summed E-state index contributed by atoms with van der Waals surface area (Å²) in [6, 6.07) is 0. The Kier molecular flexibility index (Phi) is 7.89. The Hall–Kier alpha value is -1.14. The Bertz CT molecular complexity index is 454. The first-order chi connectivity index (χ1) is 12.5. The Morgan fingerprint density at radius 3 is 1.96 bits per heavy atom. The minimum Gasteiger partial charge on any atom is -0.342 e. The number of rotatable bonds is 7. The summed E-state index contributed by atoms with van der Waals surface area (Å²) in [5.41, 5.74) is 5.53. The molecule has 2 heterocycles. The van der Waals surface area contributed by atoms with E-state index >= 15 is 0 Å². The van der Waals surface area contributed by atoms with Crippen molar-refractivity contribution in [1.82, 2.24) is 14.7 Å². The molecule has 0 bridgehead atoms. The number of piperazine rings is 1. The maximum Gasteiger partial charge on any atom is 0.230 e. The number of nitrogens with zero attached hydrogens (tertiary/aromatic N) is 3. The molecule has 0 saturated carbocycles. The van der Waals surface area contributed by atoms with Crippen LogP contribution in [0.2, 0.25) is 0 Å². The van der Waals surface area contributed by atoms with Crippen LogP contribution < -0.4 is 5.73 Å². The number of carbonyl (C=O) groups is 2. The summed E-state index contributed by atoms with van der Waals surface area (Å²) in [5.74, 6) is 0.917. The molecule has 2 N–H and O–H groups in total. The molecular formula is C20H38N4O2. The highest BCUT2D eigenvalue weighted by atomic mass is 16.2. The average Bonchev–Trinajstić information content (AvgIpc) is 2.70. The zero-order valence-corrected chi connectivity index (χ0v) is 17.0. The zero-order valence-electron chi connectivity index (χ0n) is 17.0. The normalized spacial score (nSPS) is 20.5. The maximum absolute atomic E-state index is 12.9. The van der Waals surface area contributed by atoms with E-state index in [0.717, 1.165) is 71.5 Å². The minimum absolute atomic E-state index is 0.213. The molecule has 2 amide bonds. The van der Waals surface area contributed by atoms with E-state index in [1.54, 1.807) is 0 Å². The number of hydrogen-bond donors (Lipinski definition) is 1. The van der Waals surface area contributed by atoms with Gasteiger partial charge < -0.3 is 20.4 Å². The SMILES string of the molecule is CCN1CCN(C(=O)CC2CCN(C(=O)C(CC)(CC)CN)CC2)CC1. The van der Waals surface area contributed by atoms with Crippen molar-refractivity contribution in [2.75, 3.05) is 52.4 Å². The Labute approximate surface area is 159 Å². The van der Waals surface area contributed by atoms with Crippen molar-refractivity contribution in [1.29, 1.82) is 0 Å². The summed E-state index contributed by atoms with van der Waals surface area (Å²) >= 11 is 0. The van der Waals surface area contributed by atoms with E-state index in [0.29, 0.717) is 24.8 Å². The molecule has 0 aromatic carbocycles. The first-order valence-corrected chi connectivity index (χ1v) is 10.5. The van der Waals surface area contributed by atoms with Crippen LogP contribution in [0.1, 0.15) is 52.9 Å². The molecule has 0 aromatic rings. The number of amides is 2. The van der Waals surface area contributed by atoms with Crippen LogP contribution in [0.15, 0.2) is 0 Å². The third-order valence-corrected chi connectivity index (χ3v) is 6.74. The fraction of sp³-hybridized carbons (Fsp3) is 0.900. The lowest BCUT2D eigenvalue weighted by molar-refractivity contribution is -0.144. The van der Waals surface area contributed by atoms with Gasteiger partial charge in [-0.2, -0.15) is 0 Å². The van der Waals surface area contributed by atoms with Gasteiger partial charge in [-0.05, 0) is 38.1 Å². The van der Waals surface area contributed by atoms with Crippen LogP contribution in [0.4, 0.5) is 0 Å². The van der Waals surface area contributed by atoms with E-state index in [9.17, 15) is 9.59 Å². The quantitative estimate of drug-likeness (QED) is 0.742. The average molecular weight is 367 g/mol. The molecule has 0 aliphatic carbocycles. The highest BCUT2D eigenvalue weighted by Gasteiger charge is 2.38. The number of hydrogen-bond acceptors (Lipinski definition) is 4. The molecular weight excluding hydrogens is 328 g/mol. The van der Waals surface area contributed by atoms with Crippen LogP contribution in [0.3, 0.4) is 0 Å². The first kappa shape index (κ1) is 21.2. The third kappa shape index (κ3) is 4.77. The standard InChI is InChI=1S/C20H38N4O2/c1-4-20(5-2,16-21)19(26)24-9-7-17(8-10-24)15-18(25)23-13-11-22(6-3)12-14-23/h17H,4-16,21H2,1-3H3. The number of piperidine rings is 1. The summed E-state index contributed by atoms with van der Waals surface area (Å²) in [6.07, 6.45) is 4.08. The van der Waals surface area contributed by atoms with Crippen molar-refractivity contribution in [3.63, 3.8) is 0 Å². The lowest BCUT2D eigenvalue weighted by Crippen LogP contribution is -2.51. The van der Waals surface area contributed by atoms with Crippen LogP contribution >= 0.6 is 0 Å². The van der Waals surface area contributed by atoms with E-state index in [-0.39, 0.29) is 5.91 Å². The number of carbonyl (C=O) groups excluding carboxylic acids is 2. The van der Waals surface area contributed by atoms with Gasteiger partial charge in [0.15, 0.2) is 0 Å². The van der Waals surface area contributed by atoms with Gasteiger partial charge in [0, 0.05) is 52.2 Å². The first-order valence-electron chi connectivity index (χ1n) is 10.5. The monoisotopic (exact) mass is 366 g/mol. The van der Waals surface area contributed by atoms with Crippen LogP contribution in [0, 0.1) is 11.3 Å². The van der Waals surface area contributed by atoms with E-state index in [1.807, 2.05) is 9.80 Å². The van der Waals surface area contributed by atoms with Crippen molar-refractivity contribution < 1.29 is 9.59 Å². The van der Waals surface area contributed by atoms with Crippen molar-refractivity contribution in [3.8, 4) is 0 Å². The molecule has 2 rings (SSSR count). The molecule has 2 saturated heterocycles. The molecule has 26 heavy (non-hydrogen) atoms. The number of likely N-dealkylation sites (tertiary alicyclic amines) is 1. The minimum atomic E-state index is -0.401. The lowest BCUT2D eigenvalue weighted by atomic mass is 9.80. The molecule has 150 valence electrons. The van der Waals surface area contributed by atoms with Gasteiger partial charge in [0.1, 0.15) is 0 Å². The molecule has 0 aromatic heterocycles. The van der Waals surface area contributed by atoms with Crippen molar-refractivity contribution in [2.24, 2.45) is 17.1 Å². The Balaban J connectivity index is 1.79. The van der Waals surface area contributed by atoms with Crippen LogP contribution in [-0.4, -0.2) is 78.9 Å². The topological polar surface area (TPSA) is 69.9 Å². The molecule has 0 atom stereocenters. The van der Waals surface area contributed by atoms with Gasteiger partial charge in [0.25, 0.3) is 0 Å². The van der Waals surface area contributed by atoms with Gasteiger partial charge in [-0.3, -0.25) is 9.59 Å². The second-order valence-electron chi connectivity index (χ2n) is 7.95. The number of nitrogens with two attached hydrogens (primary N) is 1. The van der Waals surface area contributed by atoms with E-state index in [2.05, 4.69) is 25.7 Å². The van der Waals surface area contributed by atoms with E-state index < -0.39 is 5.41 Å². The van der Waals surface area contributed by atoms with Crippen LogP contribution in [-0.2, 0) is 9.59 Å². The second-order valence-corrected chi connectivity index (χ2v) is 7.95. The lowest BCUT2D eigenvalue weighted by Gasteiger charge is -2.39. The maximum atomic E-state index is 12.9. The molecule has 2 aliphatic heterocycles. The molecule has 0 radical (unpaired) electrons. The van der Waals surface area contributed by atoms with Crippen LogP contribution in [0.25, 0.3) is 0 Å². The fourth-order valence-corrected chi connectivity index (χ4v) is 4.29. The highest BCUT2D eigenvalue weighted by Crippen LogP contribution is 2.31. The largest absolute Gasteiger partial charge is 0.342 e. The van der Waals surface area contributed by atoms with Gasteiger partial charge in [-0.25, -0.2) is 0 Å². The highest BCUT2D eigenvalue weighted by molar-refractivity contribution is 5.83. The summed E-state index contributed by atoms with van der Waals surface area (Å²) in [7, 11) is 0. The predicted molar refractivity (Wildman–Crippen MR) is 105 cm³/mol. The van der Waals surface area contributed by atoms with E-state index in [1.165, 1.54) is 0 Å². The van der Waals surface area contributed by atoms with Crippen molar-refractivity contribution in [3.05, 3.63) is 0 Å². The zero-order chi connectivity index (χ0) is 19.2. The molecule has 2 aliphatic rings. The van der Waals surface area contributed by atoms with Crippen molar-refractivity contribution in [2.45, 2.75) is 52.9 Å². The summed E-state index contributed by atoms with van der Waals surface area (Å²) in [5, 5.41) is 0. The Morgan fingerprint density at radius 1 is 0.923 bits per heavy atom. The summed E-state index contributed by atoms with van der Waals surface area (Å²) in [6.45, 7) is 13.0.